The summed E-state index contributed by atoms with van der Waals surface area (Å²) in [5.41, 5.74) is 0.972. The van der Waals surface area contributed by atoms with Crippen molar-refractivity contribution < 1.29 is 9.53 Å². The zero-order valence-corrected chi connectivity index (χ0v) is 10.4. The van der Waals surface area contributed by atoms with Crippen LogP contribution < -0.4 is 5.32 Å². The van der Waals surface area contributed by atoms with E-state index in [-0.39, 0.29) is 12.0 Å². The topological polar surface area (TPSA) is 38.3 Å². The van der Waals surface area contributed by atoms with Gasteiger partial charge in [-0.15, -0.1) is 0 Å². The van der Waals surface area contributed by atoms with E-state index in [1.54, 1.807) is 12.1 Å². The van der Waals surface area contributed by atoms with Crippen LogP contribution in [0.3, 0.4) is 0 Å². The Morgan fingerprint density at radius 2 is 2.18 bits per heavy atom. The van der Waals surface area contributed by atoms with Crippen LogP contribution >= 0.6 is 11.6 Å². The first-order chi connectivity index (χ1) is 8.24. The number of nitrogens with one attached hydrogen (secondary N) is 1. The van der Waals surface area contributed by atoms with Crippen LogP contribution in [-0.2, 0) is 16.0 Å². The minimum absolute atomic E-state index is 0.0304. The summed E-state index contributed by atoms with van der Waals surface area (Å²) in [5.74, 6) is 0.0304. The molecule has 0 radical (unpaired) electrons. The Kier molecular flexibility index (Phi) is 4.40. The van der Waals surface area contributed by atoms with Crippen molar-refractivity contribution in [3.05, 3.63) is 34.9 Å². The summed E-state index contributed by atoms with van der Waals surface area (Å²) in [6.07, 6.45) is 2.73. The van der Waals surface area contributed by atoms with Gasteiger partial charge < -0.3 is 10.1 Å². The summed E-state index contributed by atoms with van der Waals surface area (Å²) in [6.45, 7) is 1.43. The van der Waals surface area contributed by atoms with Crippen molar-refractivity contribution in [2.24, 2.45) is 0 Å². The lowest BCUT2D eigenvalue weighted by Gasteiger charge is -2.10. The number of carbonyl (C=O) groups is 1. The second-order valence-electron chi connectivity index (χ2n) is 4.24. The number of hydrogen-bond donors (Lipinski definition) is 1. The smallest absolute Gasteiger partial charge is 0.224 e. The van der Waals surface area contributed by atoms with Crippen LogP contribution in [0.4, 0.5) is 0 Å². The Morgan fingerprint density at radius 1 is 1.41 bits per heavy atom. The van der Waals surface area contributed by atoms with Crippen LogP contribution in [0.2, 0.25) is 5.02 Å². The van der Waals surface area contributed by atoms with Crippen molar-refractivity contribution in [2.75, 3.05) is 13.2 Å². The van der Waals surface area contributed by atoms with Crippen molar-refractivity contribution in [2.45, 2.75) is 25.4 Å². The van der Waals surface area contributed by atoms with Gasteiger partial charge in [-0.3, -0.25) is 4.79 Å². The van der Waals surface area contributed by atoms with Crippen LogP contribution in [0.25, 0.3) is 0 Å². The van der Waals surface area contributed by atoms with Crippen molar-refractivity contribution >= 4 is 17.5 Å². The number of benzene rings is 1. The molecule has 0 aliphatic carbocycles. The standard InChI is InChI=1S/C13H16ClNO2/c14-11-5-3-10(4-6-11)8-13(16)15-9-12-2-1-7-17-12/h3-6,12H,1-2,7-9H2,(H,15,16)/t12-/m1/s1. The van der Waals surface area contributed by atoms with Crippen molar-refractivity contribution in [3.8, 4) is 0 Å². The molecule has 1 aliphatic rings. The third kappa shape index (κ3) is 4.02. The highest BCUT2D eigenvalue weighted by Crippen LogP contribution is 2.11. The number of halogens is 1. The van der Waals surface area contributed by atoms with Crippen LogP contribution in [-0.4, -0.2) is 25.2 Å². The SMILES string of the molecule is O=C(Cc1ccc(Cl)cc1)NC[C@H]1CCCO1. The number of hydrogen-bond acceptors (Lipinski definition) is 2. The summed E-state index contributed by atoms with van der Waals surface area (Å²) in [5, 5.41) is 3.58. The summed E-state index contributed by atoms with van der Waals surface area (Å²) in [4.78, 5) is 11.7. The molecule has 1 fully saturated rings. The summed E-state index contributed by atoms with van der Waals surface area (Å²) < 4.78 is 5.44. The van der Waals surface area contributed by atoms with Gasteiger partial charge in [0.1, 0.15) is 0 Å². The Labute approximate surface area is 106 Å². The van der Waals surface area contributed by atoms with Gasteiger partial charge in [-0.1, -0.05) is 23.7 Å². The molecule has 0 spiro atoms. The summed E-state index contributed by atoms with van der Waals surface area (Å²) in [7, 11) is 0. The molecule has 1 aliphatic heterocycles. The third-order valence-corrected chi connectivity index (χ3v) is 3.08. The Hall–Kier alpha value is -1.06. The maximum absolute atomic E-state index is 11.7. The lowest BCUT2D eigenvalue weighted by atomic mass is 10.1. The first-order valence-corrected chi connectivity index (χ1v) is 6.24. The molecule has 1 aromatic carbocycles. The minimum Gasteiger partial charge on any atom is -0.376 e. The number of amides is 1. The van der Waals surface area contributed by atoms with E-state index in [1.807, 2.05) is 12.1 Å². The van der Waals surface area contributed by atoms with Gasteiger partial charge in [0.15, 0.2) is 0 Å². The van der Waals surface area contributed by atoms with E-state index in [1.165, 1.54) is 0 Å². The van der Waals surface area contributed by atoms with E-state index >= 15 is 0 Å². The van der Waals surface area contributed by atoms with Gasteiger partial charge in [-0.05, 0) is 30.5 Å². The van der Waals surface area contributed by atoms with Gasteiger partial charge in [0.05, 0.1) is 12.5 Å². The van der Waals surface area contributed by atoms with Crippen molar-refractivity contribution in [1.29, 1.82) is 0 Å². The fraction of sp³-hybridized carbons (Fsp3) is 0.462. The normalized spacial score (nSPS) is 19.2. The van der Waals surface area contributed by atoms with Gasteiger partial charge in [0.2, 0.25) is 5.91 Å². The highest BCUT2D eigenvalue weighted by atomic mass is 35.5. The lowest BCUT2D eigenvalue weighted by Crippen LogP contribution is -2.32. The van der Waals surface area contributed by atoms with E-state index in [0.717, 1.165) is 25.0 Å². The molecular formula is C13H16ClNO2. The molecule has 17 heavy (non-hydrogen) atoms. The van der Waals surface area contributed by atoms with Crippen LogP contribution in [0.1, 0.15) is 18.4 Å². The molecule has 3 nitrogen and oxygen atoms in total. The number of carbonyl (C=O) groups excluding carboxylic acids is 1. The second-order valence-corrected chi connectivity index (χ2v) is 4.68. The maximum atomic E-state index is 11.7. The van der Waals surface area contributed by atoms with Crippen molar-refractivity contribution in [1.82, 2.24) is 5.32 Å². The molecule has 2 rings (SSSR count). The maximum Gasteiger partial charge on any atom is 0.224 e. The van der Waals surface area contributed by atoms with Crippen molar-refractivity contribution in [3.63, 3.8) is 0 Å². The quantitative estimate of drug-likeness (QED) is 0.893. The summed E-state index contributed by atoms with van der Waals surface area (Å²) >= 11 is 5.78. The van der Waals surface area contributed by atoms with Gasteiger partial charge in [0.25, 0.3) is 0 Å². The summed E-state index contributed by atoms with van der Waals surface area (Å²) in [6, 6.07) is 7.33. The number of rotatable bonds is 4. The first-order valence-electron chi connectivity index (χ1n) is 5.87. The van der Waals surface area contributed by atoms with E-state index in [2.05, 4.69) is 5.32 Å². The highest BCUT2D eigenvalue weighted by molar-refractivity contribution is 6.30. The predicted molar refractivity (Wildman–Crippen MR) is 67.1 cm³/mol. The zero-order chi connectivity index (χ0) is 12.1. The van der Waals surface area contributed by atoms with E-state index in [9.17, 15) is 4.79 Å². The van der Waals surface area contributed by atoms with Crippen LogP contribution in [0.15, 0.2) is 24.3 Å². The third-order valence-electron chi connectivity index (χ3n) is 2.83. The predicted octanol–water partition coefficient (Wildman–Crippen LogP) is 2.18. The van der Waals surface area contributed by atoms with E-state index in [4.69, 9.17) is 16.3 Å². The van der Waals surface area contributed by atoms with Gasteiger partial charge in [0, 0.05) is 18.2 Å². The molecule has 1 aromatic rings. The van der Waals surface area contributed by atoms with Gasteiger partial charge in [-0.2, -0.15) is 0 Å². The molecule has 0 unspecified atom stereocenters. The van der Waals surface area contributed by atoms with Gasteiger partial charge >= 0.3 is 0 Å². The molecule has 0 aromatic heterocycles. The molecule has 0 bridgehead atoms. The Morgan fingerprint density at radius 3 is 2.82 bits per heavy atom. The molecular weight excluding hydrogens is 238 g/mol. The largest absolute Gasteiger partial charge is 0.376 e. The fourth-order valence-electron chi connectivity index (χ4n) is 1.88. The second kappa shape index (κ2) is 6.03. The lowest BCUT2D eigenvalue weighted by molar-refractivity contribution is -0.120. The Balaban J connectivity index is 1.74. The number of ether oxygens (including phenoxy) is 1. The molecule has 1 amide bonds. The molecule has 1 heterocycles. The molecule has 92 valence electrons. The highest BCUT2D eigenvalue weighted by Gasteiger charge is 2.15. The molecule has 4 heteroatoms. The zero-order valence-electron chi connectivity index (χ0n) is 9.62. The molecule has 1 atom stereocenters. The Bertz CT molecular complexity index is 372. The van der Waals surface area contributed by atoms with Crippen LogP contribution in [0.5, 0.6) is 0 Å². The molecule has 1 saturated heterocycles. The molecule has 0 saturated carbocycles. The monoisotopic (exact) mass is 253 g/mol. The minimum atomic E-state index is 0.0304. The van der Waals surface area contributed by atoms with Crippen LogP contribution in [0, 0.1) is 0 Å². The van der Waals surface area contributed by atoms with E-state index < -0.39 is 0 Å². The van der Waals surface area contributed by atoms with E-state index in [0.29, 0.717) is 18.0 Å². The molecule has 1 N–H and O–H groups in total. The van der Waals surface area contributed by atoms with Gasteiger partial charge in [-0.25, -0.2) is 0 Å². The average molecular weight is 254 g/mol. The average Bonchev–Trinajstić information content (AvgIpc) is 2.83. The fourth-order valence-corrected chi connectivity index (χ4v) is 2.01. The first kappa shape index (κ1) is 12.4.